The molecule has 0 amide bonds. The molecule has 1 aromatic heterocycles. The SMILES string of the molecule is CCCNCc1cccc2c1ccn2COCC(F)(F)F. The summed E-state index contributed by atoms with van der Waals surface area (Å²) in [5.74, 6) is 0. The molecule has 0 saturated carbocycles. The van der Waals surface area contributed by atoms with Gasteiger partial charge in [-0.1, -0.05) is 19.1 Å². The van der Waals surface area contributed by atoms with E-state index in [1.54, 1.807) is 10.8 Å². The van der Waals surface area contributed by atoms with Gasteiger partial charge < -0.3 is 14.6 Å². The van der Waals surface area contributed by atoms with Crippen LogP contribution >= 0.6 is 0 Å². The topological polar surface area (TPSA) is 26.2 Å². The van der Waals surface area contributed by atoms with Crippen molar-refractivity contribution in [2.45, 2.75) is 32.8 Å². The summed E-state index contributed by atoms with van der Waals surface area (Å²) in [5.41, 5.74) is 2.02. The van der Waals surface area contributed by atoms with E-state index in [0.29, 0.717) is 0 Å². The molecule has 0 saturated heterocycles. The number of aromatic nitrogens is 1. The highest BCUT2D eigenvalue weighted by molar-refractivity contribution is 5.83. The molecule has 0 aliphatic carbocycles. The van der Waals surface area contributed by atoms with Crippen LogP contribution in [0.3, 0.4) is 0 Å². The van der Waals surface area contributed by atoms with Crippen LogP contribution in [0.5, 0.6) is 0 Å². The fourth-order valence-electron chi connectivity index (χ4n) is 2.21. The van der Waals surface area contributed by atoms with Crippen LogP contribution in [0.2, 0.25) is 0 Å². The second kappa shape index (κ2) is 6.95. The molecule has 1 heterocycles. The fourth-order valence-corrected chi connectivity index (χ4v) is 2.21. The third-order valence-electron chi connectivity index (χ3n) is 3.14. The van der Waals surface area contributed by atoms with Crippen molar-refractivity contribution in [3.63, 3.8) is 0 Å². The zero-order valence-corrected chi connectivity index (χ0v) is 11.9. The molecule has 1 N–H and O–H groups in total. The van der Waals surface area contributed by atoms with Crippen LogP contribution in [0.4, 0.5) is 13.2 Å². The summed E-state index contributed by atoms with van der Waals surface area (Å²) >= 11 is 0. The Bertz CT molecular complexity index is 578. The highest BCUT2D eigenvalue weighted by atomic mass is 19.4. The summed E-state index contributed by atoms with van der Waals surface area (Å²) in [5, 5.41) is 4.37. The van der Waals surface area contributed by atoms with Crippen molar-refractivity contribution in [1.82, 2.24) is 9.88 Å². The number of hydrogen-bond donors (Lipinski definition) is 1. The molecule has 0 fully saturated rings. The monoisotopic (exact) mass is 300 g/mol. The molecule has 21 heavy (non-hydrogen) atoms. The maximum Gasteiger partial charge on any atom is 0.411 e. The first-order valence-electron chi connectivity index (χ1n) is 6.93. The minimum Gasteiger partial charge on any atom is -0.351 e. The fraction of sp³-hybridized carbons (Fsp3) is 0.467. The van der Waals surface area contributed by atoms with Crippen LogP contribution in [0.25, 0.3) is 10.9 Å². The number of nitrogens with one attached hydrogen (secondary N) is 1. The maximum atomic E-state index is 12.1. The van der Waals surface area contributed by atoms with Crippen molar-refractivity contribution in [2.75, 3.05) is 13.2 Å². The van der Waals surface area contributed by atoms with Crippen LogP contribution in [0, 0.1) is 0 Å². The summed E-state index contributed by atoms with van der Waals surface area (Å²) in [4.78, 5) is 0. The second-order valence-corrected chi connectivity index (χ2v) is 4.90. The molecule has 0 atom stereocenters. The molecule has 0 spiro atoms. The Morgan fingerprint density at radius 2 is 2.05 bits per heavy atom. The Balaban J connectivity index is 2.07. The van der Waals surface area contributed by atoms with Gasteiger partial charge in [0.2, 0.25) is 0 Å². The summed E-state index contributed by atoms with van der Waals surface area (Å²) in [7, 11) is 0. The van der Waals surface area contributed by atoms with E-state index in [0.717, 1.165) is 36.0 Å². The first kappa shape index (κ1) is 15.9. The van der Waals surface area contributed by atoms with Gasteiger partial charge in [0, 0.05) is 18.1 Å². The number of ether oxygens (including phenoxy) is 1. The standard InChI is InChI=1S/C15H19F3N2O/c1-2-7-19-9-12-4-3-5-14-13(12)6-8-20(14)11-21-10-15(16,17)18/h3-6,8,19H,2,7,9-11H2,1H3. The van der Waals surface area contributed by atoms with Crippen molar-refractivity contribution < 1.29 is 17.9 Å². The van der Waals surface area contributed by atoms with Crippen LogP contribution in [0.1, 0.15) is 18.9 Å². The van der Waals surface area contributed by atoms with Gasteiger partial charge in [-0.25, -0.2) is 0 Å². The van der Waals surface area contributed by atoms with Crippen molar-refractivity contribution >= 4 is 10.9 Å². The smallest absolute Gasteiger partial charge is 0.351 e. The Hall–Kier alpha value is -1.53. The molecule has 0 radical (unpaired) electrons. The quantitative estimate of drug-likeness (QED) is 0.790. The Labute approximate surface area is 121 Å². The molecule has 0 unspecified atom stereocenters. The lowest BCUT2D eigenvalue weighted by molar-refractivity contribution is -0.181. The lowest BCUT2D eigenvalue weighted by Gasteiger charge is -2.10. The Kier molecular flexibility index (Phi) is 5.25. The molecule has 1 aromatic carbocycles. The summed E-state index contributed by atoms with van der Waals surface area (Å²) < 4.78 is 42.7. The van der Waals surface area contributed by atoms with Crippen molar-refractivity contribution in [2.24, 2.45) is 0 Å². The molecule has 0 aliphatic rings. The molecule has 0 bridgehead atoms. The number of alkyl halides is 3. The highest BCUT2D eigenvalue weighted by Crippen LogP contribution is 2.21. The lowest BCUT2D eigenvalue weighted by atomic mass is 10.1. The van der Waals surface area contributed by atoms with Crippen LogP contribution in [0.15, 0.2) is 30.5 Å². The Morgan fingerprint density at radius 1 is 1.24 bits per heavy atom. The molecular weight excluding hydrogens is 281 g/mol. The minimum absolute atomic E-state index is 0.102. The molecule has 2 rings (SSSR count). The largest absolute Gasteiger partial charge is 0.411 e. The number of halogens is 3. The zero-order chi connectivity index (χ0) is 15.3. The van der Waals surface area contributed by atoms with Gasteiger partial charge in [-0.3, -0.25) is 0 Å². The molecule has 3 nitrogen and oxygen atoms in total. The van der Waals surface area contributed by atoms with Crippen LogP contribution in [-0.4, -0.2) is 23.9 Å². The van der Waals surface area contributed by atoms with Crippen LogP contribution in [-0.2, 0) is 18.0 Å². The number of hydrogen-bond acceptors (Lipinski definition) is 2. The van der Waals surface area contributed by atoms with E-state index in [1.807, 2.05) is 24.3 Å². The number of rotatable bonds is 7. The molecule has 2 aromatic rings. The third-order valence-corrected chi connectivity index (χ3v) is 3.14. The van der Waals surface area contributed by atoms with E-state index in [1.165, 1.54) is 0 Å². The first-order valence-corrected chi connectivity index (χ1v) is 6.93. The third kappa shape index (κ3) is 4.47. The van der Waals surface area contributed by atoms with E-state index < -0.39 is 12.8 Å². The van der Waals surface area contributed by atoms with Crippen molar-refractivity contribution in [3.8, 4) is 0 Å². The van der Waals surface area contributed by atoms with Gasteiger partial charge in [-0.15, -0.1) is 0 Å². The van der Waals surface area contributed by atoms with Gasteiger partial charge in [0.15, 0.2) is 0 Å². The molecular formula is C15H19F3N2O. The molecule has 6 heteroatoms. The van der Waals surface area contributed by atoms with Gasteiger partial charge >= 0.3 is 6.18 Å². The second-order valence-electron chi connectivity index (χ2n) is 4.90. The summed E-state index contributed by atoms with van der Waals surface area (Å²) in [6.07, 6.45) is -1.48. The van der Waals surface area contributed by atoms with Gasteiger partial charge in [0.25, 0.3) is 0 Å². The lowest BCUT2D eigenvalue weighted by Crippen LogP contribution is -2.18. The van der Waals surface area contributed by atoms with Gasteiger partial charge in [-0.2, -0.15) is 13.2 Å². The van der Waals surface area contributed by atoms with E-state index in [4.69, 9.17) is 4.74 Å². The number of fused-ring (bicyclic) bond motifs is 1. The number of benzene rings is 1. The summed E-state index contributed by atoms with van der Waals surface area (Å²) in [6, 6.07) is 7.72. The van der Waals surface area contributed by atoms with Crippen LogP contribution < -0.4 is 5.32 Å². The van der Waals surface area contributed by atoms with Gasteiger partial charge in [0.05, 0.1) is 5.52 Å². The predicted molar refractivity (Wildman–Crippen MR) is 75.9 cm³/mol. The first-order chi connectivity index (χ1) is 10.0. The normalized spacial score (nSPS) is 12.2. The predicted octanol–water partition coefficient (Wildman–Crippen LogP) is 3.68. The van der Waals surface area contributed by atoms with Gasteiger partial charge in [0.1, 0.15) is 13.3 Å². The van der Waals surface area contributed by atoms with E-state index in [-0.39, 0.29) is 6.73 Å². The Morgan fingerprint density at radius 3 is 2.76 bits per heavy atom. The van der Waals surface area contributed by atoms with Crippen molar-refractivity contribution in [3.05, 3.63) is 36.0 Å². The zero-order valence-electron chi connectivity index (χ0n) is 11.9. The minimum atomic E-state index is -4.29. The average Bonchev–Trinajstić information content (AvgIpc) is 2.82. The summed E-state index contributed by atoms with van der Waals surface area (Å²) in [6.45, 7) is 2.45. The van der Waals surface area contributed by atoms with E-state index >= 15 is 0 Å². The van der Waals surface area contributed by atoms with Gasteiger partial charge in [-0.05, 0) is 30.7 Å². The highest BCUT2D eigenvalue weighted by Gasteiger charge is 2.27. The maximum absolute atomic E-state index is 12.1. The average molecular weight is 300 g/mol. The molecule has 116 valence electrons. The van der Waals surface area contributed by atoms with E-state index in [2.05, 4.69) is 12.2 Å². The van der Waals surface area contributed by atoms with E-state index in [9.17, 15) is 13.2 Å². The number of nitrogens with zero attached hydrogens (tertiary/aromatic N) is 1. The van der Waals surface area contributed by atoms with Crippen molar-refractivity contribution in [1.29, 1.82) is 0 Å². The molecule has 0 aliphatic heterocycles.